The van der Waals surface area contributed by atoms with Gasteiger partial charge in [0.15, 0.2) is 0 Å². The minimum absolute atomic E-state index is 0.164. The maximum Gasteiger partial charge on any atom is 0.255 e. The molecule has 0 saturated carbocycles. The first-order chi connectivity index (χ1) is 10.1. The highest BCUT2D eigenvalue weighted by Crippen LogP contribution is 2.19. The molecule has 5 nitrogen and oxygen atoms in total. The summed E-state index contributed by atoms with van der Waals surface area (Å²) in [6, 6.07) is 9.34. The summed E-state index contributed by atoms with van der Waals surface area (Å²) < 4.78 is 3.52. The van der Waals surface area contributed by atoms with Crippen molar-refractivity contribution in [2.75, 3.05) is 0 Å². The maximum atomic E-state index is 12.1. The number of halogens is 1. The summed E-state index contributed by atoms with van der Waals surface area (Å²) >= 11 is 5.80. The van der Waals surface area contributed by atoms with Gasteiger partial charge in [-0.3, -0.25) is 14.0 Å². The molecule has 0 spiro atoms. The molecule has 0 fully saturated rings. The number of fused-ring (bicyclic) bond motifs is 1. The van der Waals surface area contributed by atoms with E-state index in [-0.39, 0.29) is 10.7 Å². The minimum atomic E-state index is -0.164. The quantitative estimate of drug-likeness (QED) is 0.699. The van der Waals surface area contributed by atoms with Crippen molar-refractivity contribution in [1.29, 1.82) is 0 Å². The lowest BCUT2D eigenvalue weighted by atomic mass is 10.2. The molecule has 0 saturated heterocycles. The second kappa shape index (κ2) is 5.33. The summed E-state index contributed by atoms with van der Waals surface area (Å²) in [6.45, 7) is 4.99. The summed E-state index contributed by atoms with van der Waals surface area (Å²) in [5.74, 6) is 0.586. The van der Waals surface area contributed by atoms with Gasteiger partial charge in [-0.25, -0.2) is 4.98 Å². The number of benzene rings is 1. The van der Waals surface area contributed by atoms with Gasteiger partial charge in [0, 0.05) is 18.0 Å². The van der Waals surface area contributed by atoms with Crippen LogP contribution in [0.5, 0.6) is 0 Å². The Morgan fingerprint density at radius 2 is 2.05 bits per heavy atom. The van der Waals surface area contributed by atoms with Crippen LogP contribution in [0.15, 0.2) is 35.1 Å². The molecule has 2 aromatic heterocycles. The number of hydrogen-bond acceptors (Lipinski definition) is 3. The van der Waals surface area contributed by atoms with Crippen LogP contribution in [0.2, 0.25) is 5.15 Å². The van der Waals surface area contributed by atoms with E-state index in [1.165, 1.54) is 6.07 Å². The van der Waals surface area contributed by atoms with Crippen molar-refractivity contribution in [2.24, 2.45) is 0 Å². The topological polar surface area (TPSA) is 52.7 Å². The van der Waals surface area contributed by atoms with Crippen molar-refractivity contribution in [2.45, 2.75) is 26.9 Å². The monoisotopic (exact) mass is 302 g/mol. The number of nitrogens with zero attached hydrogens (tertiary/aromatic N) is 4. The van der Waals surface area contributed by atoms with Gasteiger partial charge >= 0.3 is 0 Å². The fraction of sp³-hybridized carbons (Fsp3) is 0.267. The van der Waals surface area contributed by atoms with Gasteiger partial charge in [0.2, 0.25) is 0 Å². The second-order valence-electron chi connectivity index (χ2n) is 4.83. The van der Waals surface area contributed by atoms with Gasteiger partial charge in [-0.2, -0.15) is 5.10 Å². The predicted molar refractivity (Wildman–Crippen MR) is 82.8 cm³/mol. The molecule has 6 heteroatoms. The van der Waals surface area contributed by atoms with Crippen LogP contribution in [0.1, 0.15) is 18.4 Å². The van der Waals surface area contributed by atoms with Crippen LogP contribution in [-0.4, -0.2) is 19.3 Å². The van der Waals surface area contributed by atoms with E-state index in [2.05, 4.69) is 10.1 Å². The second-order valence-corrected chi connectivity index (χ2v) is 5.22. The average molecular weight is 303 g/mol. The average Bonchev–Trinajstić information content (AvgIpc) is 2.81. The van der Waals surface area contributed by atoms with Crippen LogP contribution in [0.3, 0.4) is 0 Å². The minimum Gasteiger partial charge on any atom is -0.291 e. The summed E-state index contributed by atoms with van der Waals surface area (Å²) in [6.07, 6.45) is 0. The first kappa shape index (κ1) is 13.8. The smallest absolute Gasteiger partial charge is 0.255 e. The summed E-state index contributed by atoms with van der Waals surface area (Å²) in [4.78, 5) is 16.2. The summed E-state index contributed by atoms with van der Waals surface area (Å²) in [5.41, 5.74) is 1.77. The molecule has 0 atom stereocenters. The van der Waals surface area contributed by atoms with E-state index in [4.69, 9.17) is 11.6 Å². The highest BCUT2D eigenvalue weighted by Gasteiger charge is 2.12. The molecule has 3 aromatic rings. The molecular formula is C15H15ClN4O. The largest absolute Gasteiger partial charge is 0.291 e. The molecule has 2 heterocycles. The van der Waals surface area contributed by atoms with Crippen LogP contribution in [0, 0.1) is 6.92 Å². The number of rotatable bonds is 3. The lowest BCUT2D eigenvalue weighted by Crippen LogP contribution is -2.23. The van der Waals surface area contributed by atoms with Crippen molar-refractivity contribution in [3.05, 3.63) is 57.4 Å². The van der Waals surface area contributed by atoms with Crippen molar-refractivity contribution >= 4 is 22.5 Å². The van der Waals surface area contributed by atoms with Gasteiger partial charge in [-0.05, 0) is 19.9 Å². The van der Waals surface area contributed by atoms with E-state index in [0.717, 1.165) is 23.1 Å². The van der Waals surface area contributed by atoms with Crippen molar-refractivity contribution in [3.63, 3.8) is 0 Å². The highest BCUT2D eigenvalue weighted by molar-refractivity contribution is 6.29. The van der Waals surface area contributed by atoms with E-state index in [1.807, 2.05) is 35.9 Å². The lowest BCUT2D eigenvalue weighted by molar-refractivity contribution is 0.634. The fourth-order valence-electron chi connectivity index (χ4n) is 2.48. The van der Waals surface area contributed by atoms with Crippen LogP contribution in [-0.2, 0) is 13.1 Å². The normalized spacial score (nSPS) is 11.2. The first-order valence-corrected chi connectivity index (χ1v) is 7.16. The van der Waals surface area contributed by atoms with Gasteiger partial charge in [-0.15, -0.1) is 0 Å². The van der Waals surface area contributed by atoms with Crippen molar-refractivity contribution < 1.29 is 0 Å². The summed E-state index contributed by atoms with van der Waals surface area (Å²) in [7, 11) is 0. The number of aryl methyl sites for hydroxylation is 2. The van der Waals surface area contributed by atoms with E-state index in [9.17, 15) is 4.79 Å². The highest BCUT2D eigenvalue weighted by atomic mass is 35.5. The Balaban J connectivity index is 2.13. The van der Waals surface area contributed by atoms with Crippen molar-refractivity contribution in [3.8, 4) is 0 Å². The van der Waals surface area contributed by atoms with E-state index >= 15 is 0 Å². The third-order valence-electron chi connectivity index (χ3n) is 3.51. The van der Waals surface area contributed by atoms with Crippen LogP contribution in [0.4, 0.5) is 0 Å². The van der Waals surface area contributed by atoms with Crippen molar-refractivity contribution in [1.82, 2.24) is 19.3 Å². The molecule has 0 bridgehead atoms. The third-order valence-corrected chi connectivity index (χ3v) is 3.70. The molecule has 108 valence electrons. The van der Waals surface area contributed by atoms with E-state index in [0.29, 0.717) is 12.4 Å². The molecule has 0 aliphatic carbocycles. The molecule has 0 aliphatic heterocycles. The molecule has 3 rings (SSSR count). The molecule has 21 heavy (non-hydrogen) atoms. The number of hydrogen-bond donors (Lipinski definition) is 0. The number of para-hydroxylation sites is 1. The standard InChI is InChI=1S/C15H15ClN4O/c1-3-20-13-7-5-4-6-11(13)12(18-20)9-19-10(2)17-14(16)8-15(19)21/h4-8H,3,9H2,1-2H3. The predicted octanol–water partition coefficient (Wildman–Crippen LogP) is 2.62. The Bertz CT molecular complexity index is 866. The SMILES string of the molecule is CCn1nc(Cn2c(C)nc(Cl)cc2=O)c2ccccc21. The van der Waals surface area contributed by atoms with Gasteiger partial charge in [-0.1, -0.05) is 29.8 Å². The molecule has 0 radical (unpaired) electrons. The number of aromatic nitrogens is 4. The van der Waals surface area contributed by atoms with Crippen LogP contribution in [0.25, 0.3) is 10.9 Å². The fourth-order valence-corrected chi connectivity index (χ4v) is 2.70. The van der Waals surface area contributed by atoms with Gasteiger partial charge < -0.3 is 0 Å². The van der Waals surface area contributed by atoms with Gasteiger partial charge in [0.25, 0.3) is 5.56 Å². The first-order valence-electron chi connectivity index (χ1n) is 6.78. The lowest BCUT2D eigenvalue weighted by Gasteiger charge is -2.07. The zero-order chi connectivity index (χ0) is 15.0. The van der Waals surface area contributed by atoms with Gasteiger partial charge in [0.05, 0.1) is 17.8 Å². The Kier molecular flexibility index (Phi) is 3.51. The Labute approximate surface area is 126 Å². The molecule has 0 N–H and O–H groups in total. The zero-order valence-corrected chi connectivity index (χ0v) is 12.6. The zero-order valence-electron chi connectivity index (χ0n) is 11.9. The van der Waals surface area contributed by atoms with E-state index < -0.39 is 0 Å². The van der Waals surface area contributed by atoms with Gasteiger partial charge in [0.1, 0.15) is 11.0 Å². The Hall–Kier alpha value is -2.14. The Morgan fingerprint density at radius 1 is 1.29 bits per heavy atom. The molecule has 1 aromatic carbocycles. The Morgan fingerprint density at radius 3 is 2.76 bits per heavy atom. The molecule has 0 amide bonds. The molecule has 0 aliphatic rings. The van der Waals surface area contributed by atoms with E-state index in [1.54, 1.807) is 11.5 Å². The third kappa shape index (κ3) is 2.45. The maximum absolute atomic E-state index is 12.1. The molecular weight excluding hydrogens is 288 g/mol. The summed E-state index contributed by atoms with van der Waals surface area (Å²) in [5, 5.41) is 5.88. The van der Waals surface area contributed by atoms with Crippen LogP contribution >= 0.6 is 11.6 Å². The molecule has 0 unspecified atom stereocenters. The van der Waals surface area contributed by atoms with Crippen LogP contribution < -0.4 is 5.56 Å².